The Morgan fingerprint density at radius 2 is 0.818 bits per heavy atom. The van der Waals surface area contributed by atoms with Crippen LogP contribution in [0.25, 0.3) is 0 Å². The topological polar surface area (TPSA) is 0 Å². The second-order valence-corrected chi connectivity index (χ2v) is 7.72. The minimum atomic E-state index is 0. The zero-order valence-electron chi connectivity index (χ0n) is 8.68. The predicted molar refractivity (Wildman–Crippen MR) is 60.9 cm³/mol. The fraction of sp³-hybridized carbons (Fsp3) is 1.00. The van der Waals surface area contributed by atoms with Crippen molar-refractivity contribution in [1.82, 2.24) is 0 Å². The molecule has 0 N–H and O–H groups in total. The van der Waals surface area contributed by atoms with Crippen molar-refractivity contribution in [2.75, 3.05) is 0 Å². The van der Waals surface area contributed by atoms with Gasteiger partial charge in [-0.1, -0.05) is 49.5 Å². The van der Waals surface area contributed by atoms with Crippen molar-refractivity contribution < 1.29 is 0 Å². The van der Waals surface area contributed by atoms with Gasteiger partial charge in [0.2, 0.25) is 0 Å². The van der Waals surface area contributed by atoms with Gasteiger partial charge in [0.05, 0.1) is 0 Å². The molecule has 0 heterocycles. The van der Waals surface area contributed by atoms with Gasteiger partial charge in [-0.25, -0.2) is 0 Å². The van der Waals surface area contributed by atoms with Gasteiger partial charge >= 0.3 is 17.1 Å². The Morgan fingerprint density at radius 3 is 0.818 bits per heavy atom. The Bertz CT molecular complexity index is 70.5. The third-order valence-electron chi connectivity index (χ3n) is 1.79. The van der Waals surface area contributed by atoms with Crippen LogP contribution in [0.5, 0.6) is 0 Å². The van der Waals surface area contributed by atoms with Crippen molar-refractivity contribution in [2.45, 2.75) is 58.5 Å². The molecule has 0 aromatic rings. The van der Waals surface area contributed by atoms with Gasteiger partial charge in [0.1, 0.15) is 0 Å². The van der Waals surface area contributed by atoms with Crippen molar-refractivity contribution in [1.29, 1.82) is 0 Å². The van der Waals surface area contributed by atoms with Crippen LogP contribution in [-0.4, -0.2) is 34.0 Å². The maximum absolute atomic E-state index is 2.35. The summed E-state index contributed by atoms with van der Waals surface area (Å²) in [5.41, 5.74) is 2.69. The van der Waals surface area contributed by atoms with E-state index < -0.39 is 0 Å². The summed E-state index contributed by atoms with van der Waals surface area (Å²) in [5.74, 6) is 0. The Hall–Kier alpha value is 0.949. The standard InChI is InChI=1S/C9H21P.H2Se/c1-7(2)10(8(3)4)9(5)6;/h7-9H,1-6H3;1H2. The second-order valence-electron chi connectivity index (χ2n) is 3.73. The SMILES string of the molecule is CC(C)P(C(C)C)C(C)C.[SeH2]. The second kappa shape index (κ2) is 6.46. The Kier molecular flexibility index (Phi) is 8.50. The van der Waals surface area contributed by atoms with Crippen molar-refractivity contribution in [3.63, 3.8) is 0 Å². The number of rotatable bonds is 3. The summed E-state index contributed by atoms with van der Waals surface area (Å²) in [6, 6.07) is 0. The summed E-state index contributed by atoms with van der Waals surface area (Å²) in [5, 5.41) is 0. The summed E-state index contributed by atoms with van der Waals surface area (Å²) in [6.07, 6.45) is 0. The number of hydrogen-bond donors (Lipinski definition) is 0. The minimum absolute atomic E-state index is 0. The molecule has 0 fully saturated rings. The summed E-state index contributed by atoms with van der Waals surface area (Å²) in [4.78, 5) is 0. The Labute approximate surface area is 83.8 Å². The van der Waals surface area contributed by atoms with Crippen LogP contribution in [0.2, 0.25) is 0 Å². The van der Waals surface area contributed by atoms with E-state index in [1.165, 1.54) is 0 Å². The van der Waals surface area contributed by atoms with E-state index >= 15 is 0 Å². The van der Waals surface area contributed by atoms with E-state index in [9.17, 15) is 0 Å². The molecular formula is C9H23PSe. The van der Waals surface area contributed by atoms with Gasteiger partial charge in [-0.3, -0.25) is 0 Å². The molecule has 0 unspecified atom stereocenters. The van der Waals surface area contributed by atoms with Gasteiger partial charge in [0, 0.05) is 0 Å². The first-order valence-electron chi connectivity index (χ1n) is 4.24. The summed E-state index contributed by atoms with van der Waals surface area (Å²) < 4.78 is 0. The van der Waals surface area contributed by atoms with Crippen LogP contribution in [0, 0.1) is 0 Å². The molecule has 0 aliphatic heterocycles. The van der Waals surface area contributed by atoms with Crippen molar-refractivity contribution >= 4 is 25.0 Å². The van der Waals surface area contributed by atoms with Crippen LogP contribution < -0.4 is 0 Å². The molecule has 0 aromatic carbocycles. The average molecular weight is 241 g/mol. The van der Waals surface area contributed by atoms with Crippen LogP contribution in [0.15, 0.2) is 0 Å². The molecule has 0 spiro atoms. The van der Waals surface area contributed by atoms with Crippen molar-refractivity contribution in [3.05, 3.63) is 0 Å². The maximum atomic E-state index is 2.35. The van der Waals surface area contributed by atoms with Gasteiger partial charge in [-0.05, 0) is 17.0 Å². The summed E-state index contributed by atoms with van der Waals surface area (Å²) >= 11 is 0. The molecule has 0 saturated carbocycles. The molecule has 0 radical (unpaired) electrons. The summed E-state index contributed by atoms with van der Waals surface area (Å²) in [6.45, 7) is 14.1. The molecule has 0 aliphatic carbocycles. The molecule has 2 heteroatoms. The van der Waals surface area contributed by atoms with Gasteiger partial charge in [0.25, 0.3) is 0 Å². The molecule has 0 aliphatic rings. The van der Waals surface area contributed by atoms with Crippen LogP contribution >= 0.6 is 7.92 Å². The van der Waals surface area contributed by atoms with E-state index in [1.807, 2.05) is 0 Å². The first-order chi connectivity index (χ1) is 4.46. The third-order valence-corrected chi connectivity index (χ3v) is 5.37. The quantitative estimate of drug-likeness (QED) is 0.526. The molecule has 0 atom stereocenters. The molecule has 0 bridgehead atoms. The van der Waals surface area contributed by atoms with Crippen LogP contribution in [0.3, 0.4) is 0 Å². The van der Waals surface area contributed by atoms with Gasteiger partial charge in [0.15, 0.2) is 0 Å². The van der Waals surface area contributed by atoms with Crippen molar-refractivity contribution in [3.8, 4) is 0 Å². The number of hydrogen-bond acceptors (Lipinski definition) is 0. The van der Waals surface area contributed by atoms with E-state index in [1.54, 1.807) is 0 Å². The molecule has 0 aromatic heterocycles. The molecule has 0 saturated heterocycles. The predicted octanol–water partition coefficient (Wildman–Crippen LogP) is 2.78. The van der Waals surface area contributed by atoms with Gasteiger partial charge < -0.3 is 0 Å². The molecular weight excluding hydrogens is 218 g/mol. The fourth-order valence-corrected chi connectivity index (χ4v) is 5.37. The molecule has 0 amide bonds. The van der Waals surface area contributed by atoms with Crippen LogP contribution in [-0.2, 0) is 0 Å². The zero-order chi connectivity index (χ0) is 8.31. The Balaban J connectivity index is 0. The molecule has 70 valence electrons. The van der Waals surface area contributed by atoms with E-state index in [-0.39, 0.29) is 25.0 Å². The average Bonchev–Trinajstić information content (AvgIpc) is 1.59. The van der Waals surface area contributed by atoms with E-state index in [2.05, 4.69) is 41.5 Å². The first-order valence-corrected chi connectivity index (χ1v) is 5.79. The summed E-state index contributed by atoms with van der Waals surface area (Å²) in [7, 11) is 0.262. The van der Waals surface area contributed by atoms with Crippen molar-refractivity contribution in [2.24, 2.45) is 0 Å². The third kappa shape index (κ3) is 5.23. The van der Waals surface area contributed by atoms with Gasteiger partial charge in [-0.2, -0.15) is 0 Å². The van der Waals surface area contributed by atoms with E-state index in [0.29, 0.717) is 0 Å². The molecule has 0 nitrogen and oxygen atoms in total. The zero-order valence-corrected chi connectivity index (χ0v) is 11.7. The normalized spacial score (nSPS) is 11.5. The van der Waals surface area contributed by atoms with E-state index in [0.717, 1.165) is 17.0 Å². The molecule has 11 heavy (non-hydrogen) atoms. The van der Waals surface area contributed by atoms with Crippen LogP contribution in [0.4, 0.5) is 0 Å². The first kappa shape index (κ1) is 14.5. The Morgan fingerprint density at radius 1 is 0.636 bits per heavy atom. The monoisotopic (exact) mass is 242 g/mol. The van der Waals surface area contributed by atoms with E-state index in [4.69, 9.17) is 0 Å². The fourth-order valence-electron chi connectivity index (χ4n) is 1.79. The molecule has 0 rings (SSSR count). The van der Waals surface area contributed by atoms with Crippen LogP contribution in [0.1, 0.15) is 41.5 Å². The van der Waals surface area contributed by atoms with Gasteiger partial charge in [-0.15, -0.1) is 0 Å².